The molecule has 100 valence electrons. The van der Waals surface area contributed by atoms with E-state index in [9.17, 15) is 9.59 Å². The van der Waals surface area contributed by atoms with Crippen molar-refractivity contribution in [2.75, 3.05) is 18.1 Å². The van der Waals surface area contributed by atoms with E-state index in [0.717, 1.165) is 19.3 Å². The number of amides is 1. The Hall–Kier alpha value is -1.22. The van der Waals surface area contributed by atoms with Gasteiger partial charge >= 0.3 is 5.97 Å². The maximum Gasteiger partial charge on any atom is 0.306 e. The maximum absolute atomic E-state index is 11.4. The van der Waals surface area contributed by atoms with Crippen LogP contribution in [0, 0.1) is 23.2 Å². The molecule has 1 saturated carbocycles. The van der Waals surface area contributed by atoms with Gasteiger partial charge in [0.1, 0.15) is 0 Å². The summed E-state index contributed by atoms with van der Waals surface area (Å²) in [7, 11) is 0. The Morgan fingerprint density at radius 2 is 2.11 bits per heavy atom. The van der Waals surface area contributed by atoms with Gasteiger partial charge in [-0.25, -0.2) is 0 Å². The van der Waals surface area contributed by atoms with Crippen LogP contribution >= 0.6 is 11.8 Å². The normalized spacial score (nSPS) is 23.1. The Kier molecular flexibility index (Phi) is 6.58. The van der Waals surface area contributed by atoms with Gasteiger partial charge in [-0.15, -0.1) is 11.8 Å². The van der Waals surface area contributed by atoms with Crippen LogP contribution in [0.5, 0.6) is 0 Å². The molecule has 0 spiro atoms. The van der Waals surface area contributed by atoms with E-state index in [1.165, 1.54) is 11.8 Å². The van der Waals surface area contributed by atoms with Crippen LogP contribution < -0.4 is 5.32 Å². The van der Waals surface area contributed by atoms with Crippen molar-refractivity contribution in [1.29, 1.82) is 5.26 Å². The molecule has 0 aromatic rings. The van der Waals surface area contributed by atoms with Crippen molar-refractivity contribution in [3.8, 4) is 6.07 Å². The Labute approximate surface area is 111 Å². The number of carbonyl (C=O) groups is 2. The van der Waals surface area contributed by atoms with Crippen LogP contribution in [-0.4, -0.2) is 35.0 Å². The lowest BCUT2D eigenvalue weighted by atomic mass is 9.79. The highest BCUT2D eigenvalue weighted by Crippen LogP contribution is 2.29. The molecule has 0 heterocycles. The summed E-state index contributed by atoms with van der Waals surface area (Å²) in [4.78, 5) is 22.5. The Morgan fingerprint density at radius 3 is 2.78 bits per heavy atom. The Balaban J connectivity index is 2.30. The standard InChI is InChI=1S/C12H18N2O3S/c13-5-6-18-8-11(15)14-7-9-3-1-2-4-10(9)12(16)17/h9-10H,1-4,6-8H2,(H,14,15)(H,16,17). The van der Waals surface area contributed by atoms with Gasteiger partial charge in [-0.05, 0) is 18.8 Å². The second-order valence-electron chi connectivity index (χ2n) is 4.44. The van der Waals surface area contributed by atoms with Gasteiger partial charge in [0.15, 0.2) is 0 Å². The summed E-state index contributed by atoms with van der Waals surface area (Å²) in [6.45, 7) is 0.433. The van der Waals surface area contributed by atoms with Gasteiger partial charge in [0.2, 0.25) is 5.91 Å². The van der Waals surface area contributed by atoms with E-state index in [1.54, 1.807) is 0 Å². The minimum atomic E-state index is -0.757. The number of carboxylic acid groups (broad SMARTS) is 1. The summed E-state index contributed by atoms with van der Waals surface area (Å²) >= 11 is 1.27. The highest BCUT2D eigenvalue weighted by atomic mass is 32.2. The molecule has 2 unspecified atom stereocenters. The molecular weight excluding hydrogens is 252 g/mol. The van der Waals surface area contributed by atoms with Gasteiger partial charge in [-0.3, -0.25) is 9.59 Å². The second kappa shape index (κ2) is 7.98. The first-order chi connectivity index (χ1) is 8.65. The molecule has 1 aliphatic rings. The first kappa shape index (κ1) is 14.8. The SMILES string of the molecule is N#CCSCC(=O)NCC1CCCCC1C(=O)O. The lowest BCUT2D eigenvalue weighted by Crippen LogP contribution is -2.37. The van der Waals surface area contributed by atoms with Crippen molar-refractivity contribution in [2.45, 2.75) is 25.7 Å². The lowest BCUT2D eigenvalue weighted by molar-refractivity contribution is -0.145. The van der Waals surface area contributed by atoms with E-state index in [-0.39, 0.29) is 23.5 Å². The molecule has 0 aliphatic heterocycles. The van der Waals surface area contributed by atoms with Crippen molar-refractivity contribution in [2.24, 2.45) is 11.8 Å². The van der Waals surface area contributed by atoms with Crippen molar-refractivity contribution in [3.63, 3.8) is 0 Å². The molecule has 2 atom stereocenters. The summed E-state index contributed by atoms with van der Waals surface area (Å²) in [5, 5.41) is 20.2. The Bertz CT molecular complexity index is 341. The maximum atomic E-state index is 11.4. The number of hydrogen-bond donors (Lipinski definition) is 2. The minimum Gasteiger partial charge on any atom is -0.481 e. The van der Waals surface area contributed by atoms with Crippen molar-refractivity contribution >= 4 is 23.6 Å². The van der Waals surface area contributed by atoms with Gasteiger partial charge in [-0.1, -0.05) is 12.8 Å². The number of hydrogen-bond acceptors (Lipinski definition) is 4. The zero-order valence-electron chi connectivity index (χ0n) is 10.2. The molecule has 6 heteroatoms. The molecule has 1 rings (SSSR count). The van der Waals surface area contributed by atoms with Gasteiger partial charge in [0, 0.05) is 6.54 Å². The van der Waals surface area contributed by atoms with E-state index < -0.39 is 5.97 Å². The smallest absolute Gasteiger partial charge is 0.306 e. The summed E-state index contributed by atoms with van der Waals surface area (Å²) < 4.78 is 0. The van der Waals surface area contributed by atoms with E-state index >= 15 is 0 Å². The summed E-state index contributed by atoms with van der Waals surface area (Å²) in [5.41, 5.74) is 0. The van der Waals surface area contributed by atoms with E-state index in [1.807, 2.05) is 6.07 Å². The quantitative estimate of drug-likeness (QED) is 0.709. The molecule has 0 radical (unpaired) electrons. The molecule has 2 N–H and O–H groups in total. The van der Waals surface area contributed by atoms with Crippen molar-refractivity contribution < 1.29 is 14.7 Å². The third-order valence-corrected chi connectivity index (χ3v) is 3.99. The van der Waals surface area contributed by atoms with E-state index in [2.05, 4.69) is 5.32 Å². The fraction of sp³-hybridized carbons (Fsp3) is 0.750. The average Bonchev–Trinajstić information content (AvgIpc) is 2.37. The largest absolute Gasteiger partial charge is 0.481 e. The highest BCUT2D eigenvalue weighted by Gasteiger charge is 2.30. The molecule has 5 nitrogen and oxygen atoms in total. The third-order valence-electron chi connectivity index (χ3n) is 3.19. The first-order valence-electron chi connectivity index (χ1n) is 6.09. The summed E-state index contributed by atoms with van der Waals surface area (Å²) in [6.07, 6.45) is 3.56. The predicted octanol–water partition coefficient (Wildman–Crippen LogP) is 1.25. The molecule has 1 aliphatic carbocycles. The van der Waals surface area contributed by atoms with Gasteiger partial charge < -0.3 is 10.4 Å². The first-order valence-corrected chi connectivity index (χ1v) is 7.24. The van der Waals surface area contributed by atoms with E-state index in [4.69, 9.17) is 10.4 Å². The second-order valence-corrected chi connectivity index (χ2v) is 5.43. The van der Waals surface area contributed by atoms with Crippen molar-refractivity contribution in [3.05, 3.63) is 0 Å². The fourth-order valence-corrected chi connectivity index (χ4v) is 2.74. The molecule has 1 fully saturated rings. The number of nitrogens with zero attached hydrogens (tertiary/aromatic N) is 1. The predicted molar refractivity (Wildman–Crippen MR) is 69.0 cm³/mol. The zero-order chi connectivity index (χ0) is 13.4. The minimum absolute atomic E-state index is 0.0427. The highest BCUT2D eigenvalue weighted by molar-refractivity contribution is 8.00. The van der Waals surface area contributed by atoms with Crippen LogP contribution in [0.3, 0.4) is 0 Å². The molecule has 0 aromatic carbocycles. The van der Waals surface area contributed by atoms with Crippen LogP contribution in [0.2, 0.25) is 0 Å². The Morgan fingerprint density at radius 1 is 1.39 bits per heavy atom. The van der Waals surface area contributed by atoms with Gasteiger partial charge in [0.25, 0.3) is 0 Å². The molecule has 0 bridgehead atoms. The number of nitriles is 1. The number of rotatable bonds is 6. The fourth-order valence-electron chi connectivity index (χ4n) is 2.26. The number of aliphatic carboxylic acids is 1. The van der Waals surface area contributed by atoms with Crippen LogP contribution in [-0.2, 0) is 9.59 Å². The topological polar surface area (TPSA) is 90.2 Å². The zero-order valence-corrected chi connectivity index (χ0v) is 11.0. The summed E-state index contributed by atoms with van der Waals surface area (Å²) in [6, 6.07) is 1.96. The summed E-state index contributed by atoms with van der Waals surface area (Å²) in [5.74, 6) is -0.600. The third kappa shape index (κ3) is 4.96. The number of carbonyl (C=O) groups excluding carboxylic acids is 1. The van der Waals surface area contributed by atoms with Gasteiger partial charge in [-0.2, -0.15) is 5.26 Å². The molecule has 0 saturated heterocycles. The molecule has 1 amide bonds. The van der Waals surface area contributed by atoms with Crippen LogP contribution in [0.4, 0.5) is 0 Å². The van der Waals surface area contributed by atoms with Crippen LogP contribution in [0.1, 0.15) is 25.7 Å². The van der Waals surface area contributed by atoms with Gasteiger partial charge in [0.05, 0.1) is 23.5 Å². The number of carboxylic acids is 1. The lowest BCUT2D eigenvalue weighted by Gasteiger charge is -2.28. The molecule has 0 aromatic heterocycles. The molecule has 18 heavy (non-hydrogen) atoms. The average molecular weight is 270 g/mol. The van der Waals surface area contributed by atoms with E-state index in [0.29, 0.717) is 18.7 Å². The van der Waals surface area contributed by atoms with Crippen molar-refractivity contribution in [1.82, 2.24) is 5.32 Å². The molecular formula is C12H18N2O3S. The monoisotopic (exact) mass is 270 g/mol. The van der Waals surface area contributed by atoms with Crippen LogP contribution in [0.15, 0.2) is 0 Å². The van der Waals surface area contributed by atoms with Crippen LogP contribution in [0.25, 0.3) is 0 Å². The number of nitrogens with one attached hydrogen (secondary N) is 1. The number of thioether (sulfide) groups is 1.